The number of nitrogens with one attached hydrogen (secondary N) is 1. The molecule has 0 saturated carbocycles. The minimum Gasteiger partial charge on any atom is -0.484 e. The minimum absolute atomic E-state index is 0.0338. The number of rotatable bonds is 7. The Morgan fingerprint density at radius 1 is 1.11 bits per heavy atom. The van der Waals surface area contributed by atoms with Crippen LogP contribution in [-0.4, -0.2) is 33.6 Å². The summed E-state index contributed by atoms with van der Waals surface area (Å²) in [7, 11) is -4.34. The van der Waals surface area contributed by atoms with E-state index in [0.717, 1.165) is 12.1 Å². The summed E-state index contributed by atoms with van der Waals surface area (Å²) in [6.07, 6.45) is -4.62. The van der Waals surface area contributed by atoms with Crippen molar-refractivity contribution in [2.75, 3.05) is 12.9 Å². The molecule has 0 aliphatic heterocycles. The Morgan fingerprint density at radius 2 is 1.74 bits per heavy atom. The number of hydrogen-bond donors (Lipinski definition) is 3. The molecule has 1 heterocycles. The van der Waals surface area contributed by atoms with Crippen LogP contribution in [0.4, 0.5) is 13.2 Å². The molecule has 0 aliphatic carbocycles. The summed E-state index contributed by atoms with van der Waals surface area (Å²) in [5, 5.41) is 2.01. The molecule has 2 rings (SSSR count). The molecule has 146 valence electrons. The summed E-state index contributed by atoms with van der Waals surface area (Å²) in [6.45, 7) is -0.458. The first-order valence-electron chi connectivity index (χ1n) is 7.28. The van der Waals surface area contributed by atoms with Gasteiger partial charge in [0.1, 0.15) is 17.8 Å². The van der Waals surface area contributed by atoms with Gasteiger partial charge >= 0.3 is 13.8 Å². The van der Waals surface area contributed by atoms with Gasteiger partial charge in [-0.2, -0.15) is 13.2 Å². The molecule has 1 amide bonds. The third kappa shape index (κ3) is 7.26. The van der Waals surface area contributed by atoms with Crippen molar-refractivity contribution in [2.24, 2.45) is 0 Å². The summed E-state index contributed by atoms with van der Waals surface area (Å²) in [5.74, 6) is -0.198. The van der Waals surface area contributed by atoms with Crippen molar-refractivity contribution in [3.63, 3.8) is 0 Å². The molecule has 0 spiro atoms. The molecule has 0 saturated heterocycles. The first-order valence-corrected chi connectivity index (χ1v) is 9.08. The summed E-state index contributed by atoms with van der Waals surface area (Å²) < 4.78 is 58.5. The first-order chi connectivity index (χ1) is 12.5. The number of ether oxygens (including phenoxy) is 2. The Labute approximate surface area is 151 Å². The Balaban J connectivity index is 1.86. The molecule has 0 unspecified atom stereocenters. The molecule has 8 nitrogen and oxygen atoms in total. The lowest BCUT2D eigenvalue weighted by atomic mass is 10.3. The second-order valence-electron chi connectivity index (χ2n) is 5.17. The quantitative estimate of drug-likeness (QED) is 0.605. The summed E-state index contributed by atoms with van der Waals surface area (Å²) in [5.41, 5.74) is -0.893. The van der Waals surface area contributed by atoms with E-state index in [1.165, 1.54) is 24.3 Å². The minimum atomic E-state index is -4.48. The lowest BCUT2D eigenvalue weighted by Crippen LogP contribution is -2.29. The zero-order valence-corrected chi connectivity index (χ0v) is 14.4. The van der Waals surface area contributed by atoms with Gasteiger partial charge < -0.3 is 24.6 Å². The summed E-state index contributed by atoms with van der Waals surface area (Å²) >= 11 is 0. The number of benzene rings is 1. The Hall–Kier alpha value is -2.62. The van der Waals surface area contributed by atoms with Crippen LogP contribution < -0.4 is 14.8 Å². The van der Waals surface area contributed by atoms with Crippen LogP contribution in [0, 0.1) is 0 Å². The van der Waals surface area contributed by atoms with Gasteiger partial charge in [0.2, 0.25) is 5.88 Å². The zero-order valence-electron chi connectivity index (χ0n) is 13.5. The van der Waals surface area contributed by atoms with E-state index in [1.807, 2.05) is 5.32 Å². The molecule has 0 bridgehead atoms. The first kappa shape index (κ1) is 20.7. The number of pyridine rings is 1. The van der Waals surface area contributed by atoms with Gasteiger partial charge in [-0.1, -0.05) is 0 Å². The Bertz CT molecular complexity index is 821. The van der Waals surface area contributed by atoms with E-state index in [4.69, 9.17) is 19.3 Å². The van der Waals surface area contributed by atoms with Crippen molar-refractivity contribution in [1.29, 1.82) is 0 Å². The van der Waals surface area contributed by atoms with Crippen LogP contribution in [-0.2, 0) is 15.5 Å². The highest BCUT2D eigenvalue weighted by Crippen LogP contribution is 2.32. The maximum Gasteiger partial charge on any atom is 0.417 e. The van der Waals surface area contributed by atoms with E-state index < -0.39 is 38.1 Å². The molecule has 27 heavy (non-hydrogen) atoms. The highest BCUT2D eigenvalue weighted by Gasteiger charge is 2.30. The number of nitrogens with zero attached hydrogens (tertiary/aromatic N) is 1. The number of amides is 1. The lowest BCUT2D eigenvalue weighted by Gasteiger charge is -2.10. The third-order valence-electron chi connectivity index (χ3n) is 2.96. The monoisotopic (exact) mass is 406 g/mol. The van der Waals surface area contributed by atoms with E-state index in [2.05, 4.69) is 4.98 Å². The molecule has 0 radical (unpaired) electrons. The smallest absolute Gasteiger partial charge is 0.417 e. The molecule has 0 fully saturated rings. The predicted octanol–water partition coefficient (Wildman–Crippen LogP) is 2.52. The van der Waals surface area contributed by atoms with Gasteiger partial charge in [-0.3, -0.25) is 9.36 Å². The number of hydrogen-bond acceptors (Lipinski definition) is 5. The molecular weight excluding hydrogens is 392 g/mol. The van der Waals surface area contributed by atoms with Gasteiger partial charge in [0.05, 0.1) is 5.56 Å². The highest BCUT2D eigenvalue weighted by atomic mass is 31.2. The van der Waals surface area contributed by atoms with E-state index in [-0.39, 0.29) is 17.4 Å². The van der Waals surface area contributed by atoms with Crippen LogP contribution in [0.3, 0.4) is 0 Å². The van der Waals surface area contributed by atoms with Gasteiger partial charge in [-0.05, 0) is 30.3 Å². The summed E-state index contributed by atoms with van der Waals surface area (Å²) in [4.78, 5) is 32.2. The fourth-order valence-corrected chi connectivity index (χ4v) is 2.11. The van der Waals surface area contributed by atoms with Crippen molar-refractivity contribution in [3.8, 4) is 17.4 Å². The number of carbonyl (C=O) groups is 1. The Morgan fingerprint density at radius 3 is 2.26 bits per heavy atom. The molecular formula is C15H14F3N2O6P. The standard InChI is InChI=1S/C15H14F3N2O6P/c16-15(17,18)10-1-6-14(19-7-10)26-12-4-2-11(3-5-12)25-8-13(21)20-9-27(22,23)24/h1-7H,8-9H2,(H,20,21)(H2,22,23,24). The van der Waals surface area contributed by atoms with Gasteiger partial charge in [0.25, 0.3) is 5.91 Å². The van der Waals surface area contributed by atoms with Crippen molar-refractivity contribution < 1.29 is 41.8 Å². The number of halogens is 3. The third-order valence-corrected chi connectivity index (χ3v) is 3.53. The van der Waals surface area contributed by atoms with E-state index in [1.54, 1.807) is 0 Å². The topological polar surface area (TPSA) is 118 Å². The number of alkyl halides is 3. The fourth-order valence-electron chi connectivity index (χ4n) is 1.72. The second-order valence-corrected chi connectivity index (χ2v) is 6.81. The van der Waals surface area contributed by atoms with Crippen LogP contribution in [0.1, 0.15) is 5.56 Å². The molecule has 1 aromatic carbocycles. The van der Waals surface area contributed by atoms with Crippen molar-refractivity contribution >= 4 is 13.5 Å². The van der Waals surface area contributed by atoms with Crippen molar-refractivity contribution in [2.45, 2.75) is 6.18 Å². The van der Waals surface area contributed by atoms with Crippen LogP contribution in [0.15, 0.2) is 42.6 Å². The van der Waals surface area contributed by atoms with Crippen LogP contribution in [0.5, 0.6) is 17.4 Å². The molecule has 3 N–H and O–H groups in total. The molecule has 0 aliphatic rings. The number of carbonyl (C=O) groups excluding carboxylic acids is 1. The normalized spacial score (nSPS) is 11.7. The summed E-state index contributed by atoms with van der Waals surface area (Å²) in [6, 6.07) is 7.70. The van der Waals surface area contributed by atoms with Crippen molar-refractivity contribution in [1.82, 2.24) is 10.3 Å². The second kappa shape index (κ2) is 8.38. The molecule has 2 aromatic rings. The largest absolute Gasteiger partial charge is 0.484 e. The van der Waals surface area contributed by atoms with Gasteiger partial charge in [0.15, 0.2) is 6.61 Å². The maximum atomic E-state index is 12.5. The average molecular weight is 406 g/mol. The van der Waals surface area contributed by atoms with Crippen molar-refractivity contribution in [3.05, 3.63) is 48.2 Å². The van der Waals surface area contributed by atoms with Crippen LogP contribution >= 0.6 is 7.60 Å². The Kier molecular flexibility index (Phi) is 6.42. The average Bonchev–Trinajstić information content (AvgIpc) is 2.58. The van der Waals surface area contributed by atoms with Gasteiger partial charge in [-0.15, -0.1) is 0 Å². The molecule has 1 aromatic heterocycles. The number of aromatic nitrogens is 1. The maximum absolute atomic E-state index is 12.5. The predicted molar refractivity (Wildman–Crippen MR) is 86.3 cm³/mol. The zero-order chi connectivity index (χ0) is 20.1. The van der Waals surface area contributed by atoms with Crippen LogP contribution in [0.2, 0.25) is 0 Å². The fraction of sp³-hybridized carbons (Fsp3) is 0.200. The van der Waals surface area contributed by atoms with Gasteiger partial charge in [0, 0.05) is 12.3 Å². The van der Waals surface area contributed by atoms with Crippen LogP contribution in [0.25, 0.3) is 0 Å². The van der Waals surface area contributed by atoms with E-state index in [0.29, 0.717) is 6.20 Å². The molecule has 0 atom stereocenters. The molecule has 12 heteroatoms. The van der Waals surface area contributed by atoms with E-state index >= 15 is 0 Å². The SMILES string of the molecule is O=C(COc1ccc(Oc2ccc(C(F)(F)F)cn2)cc1)NCP(=O)(O)O. The highest BCUT2D eigenvalue weighted by molar-refractivity contribution is 7.51. The van der Waals surface area contributed by atoms with E-state index in [9.17, 15) is 22.5 Å². The lowest BCUT2D eigenvalue weighted by molar-refractivity contribution is -0.137. The van der Waals surface area contributed by atoms with Gasteiger partial charge in [-0.25, -0.2) is 4.98 Å².